The molecule has 0 atom stereocenters. The van der Waals surface area contributed by atoms with Crippen LogP contribution in [0, 0.1) is 18.0 Å². The maximum Gasteiger partial charge on any atom is 0.204 e. The number of halogens is 2. The molecule has 0 saturated carbocycles. The minimum absolute atomic E-state index is 0.265. The Bertz CT molecular complexity index is 735. The summed E-state index contributed by atoms with van der Waals surface area (Å²) in [5.41, 5.74) is 3.74. The minimum Gasteiger partial charge on any atom is -0.344 e. The fraction of sp³-hybridized carbons (Fsp3) is 0.211. The molecule has 0 radical (unpaired) electrons. The van der Waals surface area contributed by atoms with Crippen LogP contribution < -0.4 is 4.57 Å². The molecule has 0 saturated heterocycles. The summed E-state index contributed by atoms with van der Waals surface area (Å²) in [5, 5.41) is 0. The van der Waals surface area contributed by atoms with E-state index in [0.29, 0.717) is 0 Å². The highest BCUT2D eigenvalue weighted by Crippen LogP contribution is 2.30. The van der Waals surface area contributed by atoms with Gasteiger partial charge in [-0.1, -0.05) is 24.3 Å². The Hall–Kier alpha value is -2.49. The van der Waals surface area contributed by atoms with Crippen molar-refractivity contribution in [3.8, 4) is 22.5 Å². The van der Waals surface area contributed by atoms with Gasteiger partial charge in [-0.05, 0) is 49.2 Å². The quantitative estimate of drug-likeness (QED) is 0.503. The van der Waals surface area contributed by atoms with Gasteiger partial charge in [-0.2, -0.15) is 0 Å². The first-order valence-electron chi connectivity index (χ1n) is 7.71. The number of nitrogens with zero attached hydrogens (tertiary/aromatic N) is 2. The zero-order valence-corrected chi connectivity index (χ0v) is 13.2. The first kappa shape index (κ1) is 15.4. The van der Waals surface area contributed by atoms with Crippen molar-refractivity contribution in [2.45, 2.75) is 26.9 Å². The van der Waals surface area contributed by atoms with Crippen molar-refractivity contribution >= 4 is 0 Å². The van der Waals surface area contributed by atoms with E-state index < -0.39 is 0 Å². The van der Waals surface area contributed by atoms with Gasteiger partial charge in [0.1, 0.15) is 11.6 Å². The molecule has 0 bridgehead atoms. The van der Waals surface area contributed by atoms with Crippen molar-refractivity contribution < 1.29 is 13.3 Å². The van der Waals surface area contributed by atoms with Gasteiger partial charge in [0, 0.05) is 11.4 Å². The molecule has 0 N–H and O–H groups in total. The van der Waals surface area contributed by atoms with Gasteiger partial charge >= 0.3 is 0 Å². The van der Waals surface area contributed by atoms with E-state index >= 15 is 0 Å². The van der Waals surface area contributed by atoms with Crippen molar-refractivity contribution in [3.05, 3.63) is 66.5 Å². The summed E-state index contributed by atoms with van der Waals surface area (Å²) in [7, 11) is 0. The van der Waals surface area contributed by atoms with E-state index in [0.717, 1.165) is 35.6 Å². The lowest BCUT2D eigenvalue weighted by atomic mass is 10.0. The summed E-state index contributed by atoms with van der Waals surface area (Å²) in [6, 6.07) is 12.9. The third kappa shape index (κ3) is 2.89. The second-order valence-electron chi connectivity index (χ2n) is 5.30. The van der Waals surface area contributed by atoms with Crippen molar-refractivity contribution in [1.82, 2.24) is 4.57 Å². The molecule has 0 unspecified atom stereocenters. The molecule has 3 rings (SSSR count). The monoisotopic (exact) mass is 312 g/mol. The minimum atomic E-state index is -0.265. The van der Waals surface area contributed by atoms with Crippen LogP contribution in [-0.4, -0.2) is 4.57 Å². The lowest BCUT2D eigenvalue weighted by molar-refractivity contribution is -0.686. The van der Waals surface area contributed by atoms with E-state index in [9.17, 15) is 8.78 Å². The summed E-state index contributed by atoms with van der Waals surface area (Å²) in [6.45, 7) is 5.57. The molecule has 0 aliphatic heterocycles. The molecule has 0 spiro atoms. The Morgan fingerprint density at radius 1 is 0.870 bits per heavy atom. The Balaban J connectivity index is 2.26. The second-order valence-corrected chi connectivity index (χ2v) is 5.30. The Morgan fingerprint density at radius 3 is 1.87 bits per heavy atom. The molecular weight excluding hydrogens is 294 g/mol. The smallest absolute Gasteiger partial charge is 0.204 e. The number of rotatable bonds is 4. The highest BCUT2D eigenvalue weighted by Gasteiger charge is 2.15. The SMILES string of the molecule is CCn1[c-][n+](CC)c(-c2ccc(F)cc2)c1-c1ccc(F)cc1. The Morgan fingerprint density at radius 2 is 1.39 bits per heavy atom. The summed E-state index contributed by atoms with van der Waals surface area (Å²) in [6.07, 6.45) is 3.32. The zero-order valence-electron chi connectivity index (χ0n) is 13.2. The third-order valence-electron chi connectivity index (χ3n) is 3.87. The number of imidazole rings is 1. The largest absolute Gasteiger partial charge is 0.344 e. The van der Waals surface area contributed by atoms with Gasteiger partial charge in [-0.25, -0.2) is 8.78 Å². The van der Waals surface area contributed by atoms with E-state index in [-0.39, 0.29) is 11.6 Å². The van der Waals surface area contributed by atoms with Gasteiger partial charge in [0.2, 0.25) is 6.33 Å². The molecule has 4 heteroatoms. The van der Waals surface area contributed by atoms with Gasteiger partial charge in [-0.15, -0.1) is 0 Å². The molecule has 1 aromatic heterocycles. The van der Waals surface area contributed by atoms with Crippen LogP contribution in [0.1, 0.15) is 13.8 Å². The summed E-state index contributed by atoms with van der Waals surface area (Å²) in [4.78, 5) is 0. The summed E-state index contributed by atoms with van der Waals surface area (Å²) >= 11 is 0. The average molecular weight is 312 g/mol. The van der Waals surface area contributed by atoms with Crippen LogP contribution in [0.2, 0.25) is 0 Å². The predicted octanol–water partition coefficient (Wildman–Crippen LogP) is 4.23. The molecule has 0 aliphatic rings. The first-order chi connectivity index (χ1) is 11.1. The third-order valence-corrected chi connectivity index (χ3v) is 3.87. The van der Waals surface area contributed by atoms with Crippen molar-refractivity contribution in [1.29, 1.82) is 0 Å². The van der Waals surface area contributed by atoms with Crippen LogP contribution in [0.25, 0.3) is 22.5 Å². The number of aromatic nitrogens is 2. The molecule has 118 valence electrons. The van der Waals surface area contributed by atoms with Gasteiger partial charge in [0.25, 0.3) is 0 Å². The molecule has 3 aromatic rings. The summed E-state index contributed by atoms with van der Waals surface area (Å²) < 4.78 is 30.5. The Labute approximate surface area is 134 Å². The van der Waals surface area contributed by atoms with E-state index in [1.165, 1.54) is 24.3 Å². The fourth-order valence-electron chi connectivity index (χ4n) is 2.76. The van der Waals surface area contributed by atoms with Gasteiger partial charge in [0.05, 0.1) is 13.1 Å². The van der Waals surface area contributed by atoms with Crippen LogP contribution in [-0.2, 0) is 13.1 Å². The second kappa shape index (κ2) is 6.32. The zero-order chi connectivity index (χ0) is 16.4. The topological polar surface area (TPSA) is 8.81 Å². The van der Waals surface area contributed by atoms with Crippen molar-refractivity contribution in [3.63, 3.8) is 0 Å². The fourth-order valence-corrected chi connectivity index (χ4v) is 2.76. The predicted molar refractivity (Wildman–Crippen MR) is 85.6 cm³/mol. The highest BCUT2D eigenvalue weighted by molar-refractivity contribution is 5.76. The molecule has 0 fully saturated rings. The molecule has 23 heavy (non-hydrogen) atoms. The lowest BCUT2D eigenvalue weighted by Gasteiger charge is -2.14. The molecule has 2 nitrogen and oxygen atoms in total. The van der Waals surface area contributed by atoms with Crippen LogP contribution in [0.4, 0.5) is 8.78 Å². The first-order valence-corrected chi connectivity index (χ1v) is 7.71. The number of aryl methyl sites for hydroxylation is 2. The van der Waals surface area contributed by atoms with Crippen molar-refractivity contribution in [2.24, 2.45) is 0 Å². The summed E-state index contributed by atoms with van der Waals surface area (Å²) in [5.74, 6) is -0.530. The van der Waals surface area contributed by atoms with Crippen LogP contribution in [0.5, 0.6) is 0 Å². The molecule has 0 aliphatic carbocycles. The molecule has 1 heterocycles. The van der Waals surface area contributed by atoms with Crippen molar-refractivity contribution in [2.75, 3.05) is 0 Å². The van der Waals surface area contributed by atoms with E-state index in [4.69, 9.17) is 0 Å². The molecule has 0 amide bonds. The van der Waals surface area contributed by atoms with Gasteiger partial charge in [-0.3, -0.25) is 0 Å². The standard InChI is InChI=1S/C19H18F2N2/c1-3-22-13-23(4-2)19(15-7-11-17(21)12-8-15)18(22)14-5-9-16(20)10-6-14/h5-12H,3-4H2,1-2H3. The Kier molecular flexibility index (Phi) is 4.24. The van der Waals surface area contributed by atoms with Gasteiger partial charge in [0.15, 0.2) is 0 Å². The maximum absolute atomic E-state index is 13.3. The van der Waals surface area contributed by atoms with E-state index in [1.807, 2.05) is 23.0 Å². The van der Waals surface area contributed by atoms with E-state index in [2.05, 4.69) is 6.33 Å². The average Bonchev–Trinajstić information content (AvgIpc) is 2.95. The maximum atomic E-state index is 13.3. The van der Waals surface area contributed by atoms with Crippen LogP contribution >= 0.6 is 0 Å². The number of benzene rings is 2. The van der Waals surface area contributed by atoms with E-state index in [1.54, 1.807) is 24.3 Å². The number of hydrogen-bond donors (Lipinski definition) is 0. The van der Waals surface area contributed by atoms with Gasteiger partial charge < -0.3 is 9.13 Å². The molecule has 2 aromatic carbocycles. The highest BCUT2D eigenvalue weighted by atomic mass is 19.1. The van der Waals surface area contributed by atoms with Crippen LogP contribution in [0.3, 0.4) is 0 Å². The lowest BCUT2D eigenvalue weighted by Crippen LogP contribution is -2.33. The molecular formula is C19H18F2N2. The van der Waals surface area contributed by atoms with Crippen LogP contribution in [0.15, 0.2) is 48.5 Å². The number of hydrogen-bond acceptors (Lipinski definition) is 0. The normalized spacial score (nSPS) is 11.0.